The van der Waals surface area contributed by atoms with Gasteiger partial charge in [-0.25, -0.2) is 4.98 Å². The predicted molar refractivity (Wildman–Crippen MR) is 135 cm³/mol. The van der Waals surface area contributed by atoms with Gasteiger partial charge in [0.15, 0.2) is 16.0 Å². The highest BCUT2D eigenvalue weighted by Gasteiger charge is 2.19. The van der Waals surface area contributed by atoms with Gasteiger partial charge in [0, 0.05) is 17.5 Å². The Kier molecular flexibility index (Phi) is 6.55. The van der Waals surface area contributed by atoms with Gasteiger partial charge in [0.25, 0.3) is 0 Å². The topological polar surface area (TPSA) is 85.8 Å². The summed E-state index contributed by atoms with van der Waals surface area (Å²) in [5.41, 5.74) is 3.23. The Morgan fingerprint density at radius 2 is 1.97 bits per heavy atom. The second-order valence-corrected chi connectivity index (χ2v) is 9.65. The van der Waals surface area contributed by atoms with Crippen molar-refractivity contribution in [3.63, 3.8) is 0 Å². The van der Waals surface area contributed by atoms with Crippen molar-refractivity contribution in [2.24, 2.45) is 0 Å². The first-order valence-electron chi connectivity index (χ1n) is 10.6. The minimum absolute atomic E-state index is 0.149. The lowest BCUT2D eigenvalue weighted by molar-refractivity contribution is -0.113. The number of nitrogens with zero attached hydrogens (tertiary/aromatic N) is 4. The maximum Gasteiger partial charge on any atom is 0.236 e. The van der Waals surface area contributed by atoms with Gasteiger partial charge in [0.2, 0.25) is 11.7 Å². The molecule has 9 heteroatoms. The Morgan fingerprint density at radius 1 is 1.09 bits per heavy atom. The zero-order chi connectivity index (χ0) is 23.3. The molecule has 0 unspecified atom stereocenters. The van der Waals surface area contributed by atoms with Crippen molar-refractivity contribution < 1.29 is 9.21 Å². The molecule has 0 aliphatic heterocycles. The number of rotatable bonds is 8. The summed E-state index contributed by atoms with van der Waals surface area (Å²) < 4.78 is 7.46. The zero-order valence-corrected chi connectivity index (χ0v) is 20.0. The van der Waals surface area contributed by atoms with Crippen LogP contribution in [0.2, 0.25) is 0 Å². The van der Waals surface area contributed by atoms with Crippen LogP contribution < -0.4 is 5.32 Å². The third-order valence-electron chi connectivity index (χ3n) is 4.99. The summed E-state index contributed by atoms with van der Waals surface area (Å²) in [4.78, 5) is 18.1. The molecule has 0 saturated carbocycles. The van der Waals surface area contributed by atoms with E-state index in [4.69, 9.17) is 4.42 Å². The Morgan fingerprint density at radius 3 is 2.76 bits per heavy atom. The van der Waals surface area contributed by atoms with Crippen molar-refractivity contribution >= 4 is 34.1 Å². The minimum Gasteiger partial charge on any atom is -0.461 e. The van der Waals surface area contributed by atoms with E-state index in [9.17, 15) is 4.79 Å². The summed E-state index contributed by atoms with van der Waals surface area (Å²) in [5, 5.41) is 12.7. The number of hydrogen-bond donors (Lipinski definition) is 1. The zero-order valence-electron chi connectivity index (χ0n) is 18.3. The predicted octanol–water partition coefficient (Wildman–Crippen LogP) is 5.61. The molecular formula is C25H21N5O2S2. The monoisotopic (exact) mass is 487 g/mol. The quantitative estimate of drug-likeness (QED) is 0.286. The number of aromatic nitrogens is 4. The fourth-order valence-corrected chi connectivity index (χ4v) is 5.07. The largest absolute Gasteiger partial charge is 0.461 e. The Labute approximate surface area is 204 Å². The van der Waals surface area contributed by atoms with Crippen LogP contribution in [0.15, 0.2) is 88.8 Å². The molecule has 5 rings (SSSR count). The van der Waals surface area contributed by atoms with Gasteiger partial charge in [-0.05, 0) is 42.3 Å². The Hall–Kier alpha value is -3.69. The number of thiazole rings is 1. The molecule has 1 amide bonds. The number of hydrogen-bond acceptors (Lipinski definition) is 7. The number of furan rings is 1. The van der Waals surface area contributed by atoms with Crippen LogP contribution in [0.5, 0.6) is 0 Å². The molecule has 0 aliphatic carbocycles. The molecule has 0 saturated heterocycles. The van der Waals surface area contributed by atoms with Gasteiger partial charge in [-0.15, -0.1) is 21.5 Å². The number of amides is 1. The van der Waals surface area contributed by atoms with Crippen LogP contribution in [-0.4, -0.2) is 31.4 Å². The van der Waals surface area contributed by atoms with E-state index in [1.54, 1.807) is 6.26 Å². The highest BCUT2D eigenvalue weighted by molar-refractivity contribution is 7.99. The highest BCUT2D eigenvalue weighted by Crippen LogP contribution is 2.29. The second kappa shape index (κ2) is 10.1. The molecule has 3 aromatic heterocycles. The van der Waals surface area contributed by atoms with Gasteiger partial charge in [0.1, 0.15) is 0 Å². The molecule has 1 N–H and O–H groups in total. The van der Waals surface area contributed by atoms with E-state index < -0.39 is 0 Å². The molecule has 5 aromatic rings. The summed E-state index contributed by atoms with van der Waals surface area (Å²) in [6, 6.07) is 21.9. The van der Waals surface area contributed by atoms with Gasteiger partial charge >= 0.3 is 0 Å². The van der Waals surface area contributed by atoms with E-state index in [2.05, 4.69) is 32.6 Å². The number of thioether (sulfide) groups is 1. The lowest BCUT2D eigenvalue weighted by atomic mass is 10.1. The molecule has 7 nitrogen and oxygen atoms in total. The summed E-state index contributed by atoms with van der Waals surface area (Å²) in [6.45, 7) is 2.03. The van der Waals surface area contributed by atoms with Crippen molar-refractivity contribution in [3.8, 4) is 17.3 Å². The normalized spacial score (nSPS) is 11.0. The van der Waals surface area contributed by atoms with Crippen LogP contribution in [0.3, 0.4) is 0 Å². The molecular weight excluding hydrogens is 466 g/mol. The van der Waals surface area contributed by atoms with Crippen LogP contribution in [0.25, 0.3) is 17.3 Å². The lowest BCUT2D eigenvalue weighted by Gasteiger charge is -2.10. The van der Waals surface area contributed by atoms with Crippen molar-refractivity contribution in [3.05, 3.63) is 95.2 Å². The number of aryl methyl sites for hydroxylation is 1. The first-order valence-corrected chi connectivity index (χ1v) is 12.4. The van der Waals surface area contributed by atoms with E-state index >= 15 is 0 Å². The summed E-state index contributed by atoms with van der Waals surface area (Å²) in [7, 11) is 0. The van der Waals surface area contributed by atoms with E-state index in [0.717, 1.165) is 22.5 Å². The highest BCUT2D eigenvalue weighted by atomic mass is 32.2. The molecule has 0 aliphatic rings. The minimum atomic E-state index is -0.149. The van der Waals surface area contributed by atoms with Crippen molar-refractivity contribution in [2.45, 2.75) is 18.5 Å². The number of nitrogens with one attached hydrogen (secondary N) is 1. The lowest BCUT2D eigenvalue weighted by Crippen LogP contribution is -2.14. The van der Waals surface area contributed by atoms with E-state index in [1.807, 2.05) is 72.3 Å². The number of benzene rings is 2. The summed E-state index contributed by atoms with van der Waals surface area (Å²) in [5.74, 6) is 1.22. The molecule has 0 fully saturated rings. The first kappa shape index (κ1) is 22.1. The van der Waals surface area contributed by atoms with Crippen molar-refractivity contribution in [2.75, 3.05) is 11.1 Å². The standard InChI is InChI=1S/C25H21N5O2S2/c1-17-7-5-10-19(13-17)30-23(21-11-6-12-32-21)28-29-25(30)33-16-22(31)27-24-26-15-20(34-24)14-18-8-3-2-4-9-18/h2-13,15H,14,16H2,1H3,(H,26,27,31). The molecule has 34 heavy (non-hydrogen) atoms. The third-order valence-corrected chi connectivity index (χ3v) is 6.83. The van der Waals surface area contributed by atoms with Crippen LogP contribution in [0.4, 0.5) is 5.13 Å². The van der Waals surface area contributed by atoms with Crippen LogP contribution in [0.1, 0.15) is 16.0 Å². The summed E-state index contributed by atoms with van der Waals surface area (Å²) >= 11 is 2.80. The van der Waals surface area contributed by atoms with Crippen molar-refractivity contribution in [1.29, 1.82) is 0 Å². The van der Waals surface area contributed by atoms with Crippen molar-refractivity contribution in [1.82, 2.24) is 19.7 Å². The van der Waals surface area contributed by atoms with E-state index in [1.165, 1.54) is 28.7 Å². The van der Waals surface area contributed by atoms with Gasteiger partial charge in [-0.2, -0.15) is 0 Å². The van der Waals surface area contributed by atoms with E-state index in [0.29, 0.717) is 21.9 Å². The summed E-state index contributed by atoms with van der Waals surface area (Å²) in [6.07, 6.45) is 4.20. The van der Waals surface area contributed by atoms with Crippen LogP contribution in [-0.2, 0) is 11.2 Å². The maximum absolute atomic E-state index is 12.6. The Balaban J connectivity index is 1.28. The second-order valence-electron chi connectivity index (χ2n) is 7.59. The van der Waals surface area contributed by atoms with E-state index in [-0.39, 0.29) is 11.7 Å². The average Bonchev–Trinajstić information content (AvgIpc) is 3.59. The molecule has 0 radical (unpaired) electrons. The van der Waals surface area contributed by atoms with Gasteiger partial charge in [-0.1, -0.05) is 54.2 Å². The number of anilines is 1. The SMILES string of the molecule is Cc1cccc(-n2c(SCC(=O)Nc3ncc(Cc4ccccc4)s3)nnc2-c2ccco2)c1. The smallest absolute Gasteiger partial charge is 0.236 e. The van der Waals surface area contributed by atoms with Gasteiger partial charge < -0.3 is 9.73 Å². The number of carbonyl (C=O) groups excluding carboxylic acids is 1. The first-order chi connectivity index (χ1) is 16.7. The molecule has 3 heterocycles. The molecule has 0 spiro atoms. The number of carbonyl (C=O) groups is 1. The maximum atomic E-state index is 12.6. The fourth-order valence-electron chi connectivity index (χ4n) is 3.46. The molecule has 2 aromatic carbocycles. The third kappa shape index (κ3) is 5.11. The average molecular weight is 488 g/mol. The van der Waals surface area contributed by atoms with Gasteiger partial charge in [-0.3, -0.25) is 9.36 Å². The Bertz CT molecular complexity index is 1390. The van der Waals surface area contributed by atoms with Gasteiger partial charge in [0.05, 0.1) is 17.7 Å². The van der Waals surface area contributed by atoms with Crippen LogP contribution in [0, 0.1) is 6.92 Å². The molecule has 0 bridgehead atoms. The van der Waals surface area contributed by atoms with Crippen LogP contribution >= 0.6 is 23.1 Å². The fraction of sp³-hybridized carbons (Fsp3) is 0.120. The molecule has 170 valence electrons. The molecule has 0 atom stereocenters.